The molecule has 4 heteroatoms. The summed E-state index contributed by atoms with van der Waals surface area (Å²) in [4.78, 5) is 0. The molecule has 0 saturated carbocycles. The summed E-state index contributed by atoms with van der Waals surface area (Å²) in [5, 5.41) is 0. The van der Waals surface area contributed by atoms with Crippen molar-refractivity contribution in [1.29, 1.82) is 0 Å². The van der Waals surface area contributed by atoms with Crippen LogP contribution in [0.2, 0.25) is 0 Å². The second-order valence-corrected chi connectivity index (χ2v) is 7.11. The SMILES string of the molecule is CCCc1cc2c(c(C(F)(F)F)c1CCC)C(C)(c1ccccc1)OC2. The Bertz CT molecular complexity index is 780. The molecule has 1 atom stereocenters. The lowest BCUT2D eigenvalue weighted by Crippen LogP contribution is -2.27. The van der Waals surface area contributed by atoms with Crippen LogP contribution in [-0.2, 0) is 36.0 Å². The molecule has 0 saturated heterocycles. The predicted octanol–water partition coefficient (Wildman–Crippen LogP) is 6.40. The summed E-state index contributed by atoms with van der Waals surface area (Å²) in [5.74, 6) is 0. The van der Waals surface area contributed by atoms with E-state index in [-0.39, 0.29) is 6.61 Å². The van der Waals surface area contributed by atoms with Gasteiger partial charge in [-0.15, -0.1) is 0 Å². The molecule has 1 nitrogen and oxygen atoms in total. The van der Waals surface area contributed by atoms with Crippen molar-refractivity contribution in [2.24, 2.45) is 0 Å². The van der Waals surface area contributed by atoms with Crippen LogP contribution in [0, 0.1) is 0 Å². The second-order valence-electron chi connectivity index (χ2n) is 7.11. The Morgan fingerprint density at radius 2 is 1.69 bits per heavy atom. The molecule has 0 N–H and O–H groups in total. The molecule has 2 aromatic carbocycles. The quantitative estimate of drug-likeness (QED) is 0.598. The molecule has 0 bridgehead atoms. The van der Waals surface area contributed by atoms with Crippen molar-refractivity contribution in [3.8, 4) is 0 Å². The molecule has 1 unspecified atom stereocenters. The van der Waals surface area contributed by atoms with E-state index < -0.39 is 17.3 Å². The topological polar surface area (TPSA) is 9.23 Å². The number of rotatable bonds is 5. The summed E-state index contributed by atoms with van der Waals surface area (Å²) in [6.07, 6.45) is -1.80. The molecular formula is C22H25F3O. The standard InChI is InChI=1S/C22H25F3O/c1-4-9-15-13-16-14-26-21(3,17-11-7-6-8-12-17)19(16)20(22(23,24)25)18(15)10-5-2/h6-8,11-13H,4-5,9-10,14H2,1-3H3. The number of aryl methyl sites for hydroxylation is 1. The molecular weight excluding hydrogens is 337 g/mol. The van der Waals surface area contributed by atoms with Crippen molar-refractivity contribution in [3.05, 3.63) is 69.8 Å². The Morgan fingerprint density at radius 1 is 1.04 bits per heavy atom. The molecule has 1 aliphatic rings. The second kappa shape index (κ2) is 7.07. The predicted molar refractivity (Wildman–Crippen MR) is 97.1 cm³/mol. The van der Waals surface area contributed by atoms with Crippen molar-refractivity contribution in [3.63, 3.8) is 0 Å². The van der Waals surface area contributed by atoms with Gasteiger partial charge >= 0.3 is 6.18 Å². The van der Waals surface area contributed by atoms with Gasteiger partial charge in [0.1, 0.15) is 5.60 Å². The van der Waals surface area contributed by atoms with Gasteiger partial charge in [0.15, 0.2) is 0 Å². The Morgan fingerprint density at radius 3 is 2.27 bits per heavy atom. The third-order valence-corrected chi connectivity index (χ3v) is 5.23. The molecule has 1 heterocycles. The number of alkyl halides is 3. The van der Waals surface area contributed by atoms with E-state index in [1.165, 1.54) is 0 Å². The summed E-state index contributed by atoms with van der Waals surface area (Å²) >= 11 is 0. The summed E-state index contributed by atoms with van der Waals surface area (Å²) in [7, 11) is 0. The molecule has 3 rings (SSSR count). The first-order valence-electron chi connectivity index (χ1n) is 9.27. The van der Waals surface area contributed by atoms with Gasteiger partial charge in [-0.25, -0.2) is 0 Å². The zero-order valence-corrected chi connectivity index (χ0v) is 15.5. The average Bonchev–Trinajstić information content (AvgIpc) is 2.93. The van der Waals surface area contributed by atoms with Gasteiger partial charge in [0.2, 0.25) is 0 Å². The number of hydrogen-bond acceptors (Lipinski definition) is 1. The van der Waals surface area contributed by atoms with E-state index in [4.69, 9.17) is 4.74 Å². The van der Waals surface area contributed by atoms with Gasteiger partial charge in [-0.2, -0.15) is 13.2 Å². The van der Waals surface area contributed by atoms with E-state index in [0.717, 1.165) is 17.5 Å². The summed E-state index contributed by atoms with van der Waals surface area (Å²) < 4.78 is 48.8. The van der Waals surface area contributed by atoms with Crippen LogP contribution in [0.1, 0.15) is 67.0 Å². The zero-order chi connectivity index (χ0) is 18.9. The number of fused-ring (bicyclic) bond motifs is 1. The highest BCUT2D eigenvalue weighted by Crippen LogP contribution is 2.50. The Balaban J connectivity index is 2.32. The normalized spacial score (nSPS) is 19.6. The Labute approximate surface area is 153 Å². The lowest BCUT2D eigenvalue weighted by molar-refractivity contribution is -0.140. The number of halogens is 3. The maximum atomic E-state index is 14.3. The minimum atomic E-state index is -4.40. The van der Waals surface area contributed by atoms with Crippen molar-refractivity contribution in [1.82, 2.24) is 0 Å². The van der Waals surface area contributed by atoms with Gasteiger partial charge in [-0.1, -0.05) is 63.1 Å². The fourth-order valence-corrected chi connectivity index (χ4v) is 4.12. The van der Waals surface area contributed by atoms with Crippen LogP contribution in [0.25, 0.3) is 0 Å². The van der Waals surface area contributed by atoms with E-state index in [1.54, 1.807) is 6.92 Å². The van der Waals surface area contributed by atoms with Gasteiger partial charge in [-0.05, 0) is 42.0 Å². The van der Waals surface area contributed by atoms with E-state index in [9.17, 15) is 13.2 Å². The largest absolute Gasteiger partial charge is 0.417 e. The van der Waals surface area contributed by atoms with Crippen LogP contribution < -0.4 is 0 Å². The van der Waals surface area contributed by atoms with Crippen molar-refractivity contribution in [2.45, 2.75) is 64.8 Å². The number of hydrogen-bond donors (Lipinski definition) is 0. The van der Waals surface area contributed by atoms with E-state index >= 15 is 0 Å². The minimum Gasteiger partial charge on any atom is -0.361 e. The maximum Gasteiger partial charge on any atom is 0.417 e. The highest BCUT2D eigenvalue weighted by atomic mass is 19.4. The monoisotopic (exact) mass is 362 g/mol. The third kappa shape index (κ3) is 3.16. The van der Waals surface area contributed by atoms with Crippen LogP contribution in [0.3, 0.4) is 0 Å². The minimum absolute atomic E-state index is 0.215. The third-order valence-electron chi connectivity index (χ3n) is 5.23. The average molecular weight is 362 g/mol. The lowest BCUT2D eigenvalue weighted by atomic mass is 9.79. The van der Waals surface area contributed by atoms with Crippen LogP contribution in [0.4, 0.5) is 13.2 Å². The fraction of sp³-hybridized carbons (Fsp3) is 0.455. The van der Waals surface area contributed by atoms with Gasteiger partial charge in [0.25, 0.3) is 0 Å². The van der Waals surface area contributed by atoms with Gasteiger partial charge in [0, 0.05) is 5.56 Å². The van der Waals surface area contributed by atoms with Crippen LogP contribution >= 0.6 is 0 Å². The zero-order valence-electron chi connectivity index (χ0n) is 15.5. The molecule has 0 aromatic heterocycles. The first kappa shape index (κ1) is 19.0. The van der Waals surface area contributed by atoms with Crippen LogP contribution in [0.5, 0.6) is 0 Å². The highest BCUT2D eigenvalue weighted by molar-refractivity contribution is 5.55. The van der Waals surface area contributed by atoms with E-state index in [0.29, 0.717) is 36.0 Å². The molecule has 0 amide bonds. The first-order chi connectivity index (χ1) is 12.3. The smallest absolute Gasteiger partial charge is 0.361 e. The van der Waals surface area contributed by atoms with E-state index in [2.05, 4.69) is 0 Å². The van der Waals surface area contributed by atoms with Crippen LogP contribution in [-0.4, -0.2) is 0 Å². The van der Waals surface area contributed by atoms with Crippen molar-refractivity contribution >= 4 is 0 Å². The van der Waals surface area contributed by atoms with Gasteiger partial charge in [-0.3, -0.25) is 0 Å². The number of benzene rings is 2. The fourth-order valence-electron chi connectivity index (χ4n) is 4.12. The molecule has 0 fully saturated rings. The lowest BCUT2D eigenvalue weighted by Gasteiger charge is -2.30. The molecule has 0 aliphatic carbocycles. The van der Waals surface area contributed by atoms with Gasteiger partial charge < -0.3 is 4.74 Å². The molecule has 26 heavy (non-hydrogen) atoms. The van der Waals surface area contributed by atoms with Gasteiger partial charge in [0.05, 0.1) is 12.2 Å². The molecule has 0 radical (unpaired) electrons. The molecule has 1 aliphatic heterocycles. The van der Waals surface area contributed by atoms with Crippen LogP contribution in [0.15, 0.2) is 36.4 Å². The summed E-state index contributed by atoms with van der Waals surface area (Å²) in [5.41, 5.74) is 1.47. The molecule has 2 aromatic rings. The summed E-state index contributed by atoms with van der Waals surface area (Å²) in [6.45, 7) is 5.91. The highest BCUT2D eigenvalue weighted by Gasteiger charge is 2.47. The molecule has 0 spiro atoms. The van der Waals surface area contributed by atoms with E-state index in [1.807, 2.05) is 50.2 Å². The Kier molecular flexibility index (Phi) is 5.16. The Hall–Kier alpha value is -1.81. The molecule has 140 valence electrons. The number of ether oxygens (including phenoxy) is 1. The van der Waals surface area contributed by atoms with Crippen molar-refractivity contribution < 1.29 is 17.9 Å². The first-order valence-corrected chi connectivity index (χ1v) is 9.27. The summed E-state index contributed by atoms with van der Waals surface area (Å²) in [6, 6.07) is 11.2. The maximum absolute atomic E-state index is 14.3. The van der Waals surface area contributed by atoms with Crippen molar-refractivity contribution in [2.75, 3.05) is 0 Å².